The van der Waals surface area contributed by atoms with Crippen molar-refractivity contribution < 1.29 is 49.0 Å². The number of hydrogen-bond donors (Lipinski definition) is 1. The molecule has 1 saturated heterocycles. The number of nitrogens with zero attached hydrogens (tertiary/aromatic N) is 3. The van der Waals surface area contributed by atoms with Gasteiger partial charge >= 0.3 is 24.7 Å². The Morgan fingerprint density at radius 2 is 1.61 bits per heavy atom. The molecule has 0 saturated carbocycles. The number of alkyl halides is 9. The second kappa shape index (κ2) is 12.5. The number of urea groups is 1. The van der Waals surface area contributed by atoms with E-state index in [0.29, 0.717) is 49.3 Å². The first-order chi connectivity index (χ1) is 21.5. The van der Waals surface area contributed by atoms with Crippen molar-refractivity contribution >= 4 is 17.8 Å². The monoisotopic (exact) mass is 658 g/mol. The molecule has 246 valence electrons. The fraction of sp³-hybridized carbons (Fsp3) is 0.355. The SMILES string of the molecule is O=C(NCc1ccnc(C(F)(F)F)c1)N1CC2(CCN(CC=Cc3ccc(C(F)(F)F)cc3)CC2)c2cc(OC(F)(F)F)ccc21. The highest BCUT2D eigenvalue weighted by Crippen LogP contribution is 2.48. The van der Waals surface area contributed by atoms with Gasteiger partial charge in [0.05, 0.1) is 5.56 Å². The van der Waals surface area contributed by atoms with E-state index >= 15 is 0 Å². The van der Waals surface area contributed by atoms with Gasteiger partial charge in [0.25, 0.3) is 0 Å². The van der Waals surface area contributed by atoms with E-state index in [1.807, 2.05) is 6.08 Å². The van der Waals surface area contributed by atoms with Crippen LogP contribution in [-0.4, -0.2) is 48.5 Å². The van der Waals surface area contributed by atoms with Crippen LogP contribution >= 0.6 is 0 Å². The van der Waals surface area contributed by atoms with Gasteiger partial charge in [-0.3, -0.25) is 14.8 Å². The average molecular weight is 659 g/mol. The third-order valence-electron chi connectivity index (χ3n) is 8.05. The van der Waals surface area contributed by atoms with E-state index in [1.165, 1.54) is 35.2 Å². The molecule has 2 aromatic carbocycles. The minimum absolute atomic E-state index is 0.128. The standard InChI is InChI=1S/C31H27F9N4O2/c32-29(33,34)22-5-3-20(4-6-22)2-1-13-43-14-10-28(11-15-43)19-44(25-8-7-23(17-24(25)28)46-31(38,39)40)27(45)42-18-21-9-12-41-26(16-21)30(35,36)37/h1-9,12,16-17H,10-11,13-15,18-19H2,(H,42,45). The molecule has 0 bridgehead atoms. The Labute approximate surface area is 257 Å². The van der Waals surface area contributed by atoms with E-state index < -0.39 is 47.2 Å². The molecular formula is C31H27F9N4O2. The van der Waals surface area contributed by atoms with Crippen molar-refractivity contribution in [1.82, 2.24) is 15.2 Å². The van der Waals surface area contributed by atoms with E-state index in [9.17, 15) is 44.3 Å². The highest BCUT2D eigenvalue weighted by molar-refractivity contribution is 5.95. The number of benzene rings is 2. The first kappa shape index (κ1) is 33.1. The lowest BCUT2D eigenvalue weighted by Crippen LogP contribution is -2.47. The number of carbonyl (C=O) groups is 1. The quantitative estimate of drug-likeness (QED) is 0.275. The topological polar surface area (TPSA) is 57.7 Å². The summed E-state index contributed by atoms with van der Waals surface area (Å²) >= 11 is 0. The van der Waals surface area contributed by atoms with Gasteiger partial charge in [-0.05, 0) is 85.1 Å². The molecule has 2 amide bonds. The van der Waals surface area contributed by atoms with Gasteiger partial charge in [0.15, 0.2) is 0 Å². The van der Waals surface area contributed by atoms with Crippen LogP contribution < -0.4 is 15.0 Å². The molecule has 1 spiro atoms. The van der Waals surface area contributed by atoms with Crippen LogP contribution in [0.1, 0.15) is 40.8 Å². The highest BCUT2D eigenvalue weighted by atomic mass is 19.4. The number of nitrogens with one attached hydrogen (secondary N) is 1. The molecule has 0 radical (unpaired) electrons. The summed E-state index contributed by atoms with van der Waals surface area (Å²) in [6, 6.07) is 9.98. The smallest absolute Gasteiger partial charge is 0.406 e. The van der Waals surface area contributed by atoms with Crippen LogP contribution in [0.3, 0.4) is 0 Å². The molecule has 3 heterocycles. The molecular weight excluding hydrogens is 631 g/mol. The Kier molecular flexibility index (Phi) is 8.99. The van der Waals surface area contributed by atoms with Crippen LogP contribution in [0.15, 0.2) is 66.9 Å². The van der Waals surface area contributed by atoms with E-state index in [4.69, 9.17) is 0 Å². The maximum atomic E-state index is 13.3. The lowest BCUT2D eigenvalue weighted by atomic mass is 9.74. The van der Waals surface area contributed by atoms with Crippen LogP contribution in [0, 0.1) is 0 Å². The van der Waals surface area contributed by atoms with Crippen molar-refractivity contribution in [1.29, 1.82) is 0 Å². The highest BCUT2D eigenvalue weighted by Gasteiger charge is 2.47. The lowest BCUT2D eigenvalue weighted by molar-refractivity contribution is -0.274. The zero-order chi connectivity index (χ0) is 33.3. The van der Waals surface area contributed by atoms with Crippen molar-refractivity contribution in [2.24, 2.45) is 0 Å². The van der Waals surface area contributed by atoms with E-state index in [0.717, 1.165) is 30.5 Å². The Hall–Kier alpha value is -4.27. The number of anilines is 1. The predicted octanol–water partition coefficient (Wildman–Crippen LogP) is 7.79. The van der Waals surface area contributed by atoms with Crippen LogP contribution in [0.5, 0.6) is 5.75 Å². The van der Waals surface area contributed by atoms with Crippen molar-refractivity contribution in [3.8, 4) is 5.75 Å². The van der Waals surface area contributed by atoms with E-state index in [-0.39, 0.29) is 18.7 Å². The maximum Gasteiger partial charge on any atom is 0.573 e. The molecule has 1 N–H and O–H groups in total. The molecule has 0 atom stereocenters. The summed E-state index contributed by atoms with van der Waals surface area (Å²) in [6.07, 6.45) is -8.60. The molecule has 1 fully saturated rings. The third kappa shape index (κ3) is 7.74. The summed E-state index contributed by atoms with van der Waals surface area (Å²) in [7, 11) is 0. The van der Waals surface area contributed by atoms with Crippen LogP contribution in [0.4, 0.5) is 50.0 Å². The number of pyridine rings is 1. The number of fused-ring (bicyclic) bond motifs is 2. The van der Waals surface area contributed by atoms with Gasteiger partial charge in [-0.15, -0.1) is 13.2 Å². The van der Waals surface area contributed by atoms with Crippen LogP contribution in [-0.2, 0) is 24.3 Å². The summed E-state index contributed by atoms with van der Waals surface area (Å²) in [4.78, 5) is 20.1. The predicted molar refractivity (Wildman–Crippen MR) is 150 cm³/mol. The van der Waals surface area contributed by atoms with E-state index in [1.54, 1.807) is 6.08 Å². The van der Waals surface area contributed by atoms with Crippen molar-refractivity contribution in [3.63, 3.8) is 0 Å². The molecule has 6 nitrogen and oxygen atoms in total. The summed E-state index contributed by atoms with van der Waals surface area (Å²) in [5, 5.41) is 2.60. The Morgan fingerprint density at radius 3 is 2.24 bits per heavy atom. The number of ether oxygens (including phenoxy) is 1. The van der Waals surface area contributed by atoms with Gasteiger partial charge < -0.3 is 10.1 Å². The van der Waals surface area contributed by atoms with Crippen molar-refractivity contribution in [3.05, 3.63) is 94.8 Å². The molecule has 0 unspecified atom stereocenters. The lowest BCUT2D eigenvalue weighted by Gasteiger charge is -2.39. The molecule has 2 aliphatic rings. The number of likely N-dealkylation sites (tertiary alicyclic amines) is 1. The minimum atomic E-state index is -4.93. The molecule has 3 aromatic rings. The number of aromatic nitrogens is 1. The number of rotatable bonds is 6. The molecule has 0 aliphatic carbocycles. The third-order valence-corrected chi connectivity index (χ3v) is 8.05. The van der Waals surface area contributed by atoms with Crippen molar-refractivity contribution in [2.45, 2.75) is 43.5 Å². The molecule has 1 aromatic heterocycles. The second-order valence-corrected chi connectivity index (χ2v) is 11.1. The fourth-order valence-electron chi connectivity index (χ4n) is 5.75. The molecule has 5 rings (SSSR count). The van der Waals surface area contributed by atoms with Gasteiger partial charge in [-0.25, -0.2) is 4.79 Å². The number of amides is 2. The first-order valence-electron chi connectivity index (χ1n) is 14.1. The number of halogens is 9. The average Bonchev–Trinajstić information content (AvgIpc) is 3.29. The van der Waals surface area contributed by atoms with Crippen LogP contribution in [0.25, 0.3) is 6.08 Å². The van der Waals surface area contributed by atoms with Crippen LogP contribution in [0.2, 0.25) is 0 Å². The summed E-state index contributed by atoms with van der Waals surface area (Å²) in [6.45, 7) is 1.37. The second-order valence-electron chi connectivity index (χ2n) is 11.1. The largest absolute Gasteiger partial charge is 0.573 e. The zero-order valence-electron chi connectivity index (χ0n) is 23.9. The normalized spacial score (nSPS) is 17.0. The van der Waals surface area contributed by atoms with Gasteiger partial charge in [0.2, 0.25) is 0 Å². The molecule has 2 aliphatic heterocycles. The summed E-state index contributed by atoms with van der Waals surface area (Å²) in [5.41, 5.74) is -0.959. The number of piperidine rings is 1. The van der Waals surface area contributed by atoms with Gasteiger partial charge in [-0.1, -0.05) is 24.3 Å². The van der Waals surface area contributed by atoms with Gasteiger partial charge in [-0.2, -0.15) is 26.3 Å². The summed E-state index contributed by atoms with van der Waals surface area (Å²) in [5.74, 6) is -0.439. The zero-order valence-corrected chi connectivity index (χ0v) is 23.9. The molecule has 46 heavy (non-hydrogen) atoms. The number of hydrogen-bond acceptors (Lipinski definition) is 4. The first-order valence-corrected chi connectivity index (χ1v) is 14.1. The fourth-order valence-corrected chi connectivity index (χ4v) is 5.75. The Balaban J connectivity index is 1.28. The van der Waals surface area contributed by atoms with Gasteiger partial charge in [0.1, 0.15) is 11.4 Å². The van der Waals surface area contributed by atoms with Gasteiger partial charge in [0, 0.05) is 36.9 Å². The maximum absolute atomic E-state index is 13.3. The Bertz CT molecular complexity index is 1580. The number of carbonyl (C=O) groups excluding carboxylic acids is 1. The van der Waals surface area contributed by atoms with E-state index in [2.05, 4.69) is 19.9 Å². The Morgan fingerprint density at radius 1 is 0.913 bits per heavy atom. The summed E-state index contributed by atoms with van der Waals surface area (Å²) < 4.78 is 121. The minimum Gasteiger partial charge on any atom is -0.406 e. The molecule has 15 heteroatoms. The van der Waals surface area contributed by atoms with Crippen molar-refractivity contribution in [2.75, 3.05) is 31.1 Å².